The van der Waals surface area contributed by atoms with Crippen LogP contribution in [0.5, 0.6) is 0 Å². The minimum Gasteiger partial charge on any atom is -0.445 e. The van der Waals surface area contributed by atoms with E-state index in [0.717, 1.165) is 37.1 Å². The average molecular weight is 186 g/mol. The summed E-state index contributed by atoms with van der Waals surface area (Å²) >= 11 is 0. The van der Waals surface area contributed by atoms with Crippen LogP contribution in [-0.4, -0.2) is 23.8 Å². The number of carbonyl (C=O) groups is 1. The number of hydrogen-bond acceptors (Lipinski definition) is 3. The number of ether oxygens (including phenoxy) is 1. The molecule has 0 aromatic heterocycles. The number of hydrogen-bond donors (Lipinski definition) is 1. The van der Waals surface area contributed by atoms with Crippen molar-refractivity contribution in [2.75, 3.05) is 6.54 Å². The van der Waals surface area contributed by atoms with Crippen molar-refractivity contribution in [3.63, 3.8) is 0 Å². The van der Waals surface area contributed by atoms with E-state index in [-0.39, 0.29) is 12.2 Å². The minimum atomic E-state index is -0.381. The molecule has 2 N–H and O–H groups in total. The summed E-state index contributed by atoms with van der Waals surface area (Å²) in [6.45, 7) is 2.54. The van der Waals surface area contributed by atoms with Gasteiger partial charge in [-0.25, -0.2) is 15.6 Å². The molecule has 1 rings (SSSR count). The SMILES string of the molecule is CCCN(N)C(=O)OC1CCCC1. The number of hydrazine groups is 1. The van der Waals surface area contributed by atoms with Gasteiger partial charge in [0, 0.05) is 6.54 Å². The van der Waals surface area contributed by atoms with Gasteiger partial charge in [0.15, 0.2) is 0 Å². The van der Waals surface area contributed by atoms with Gasteiger partial charge in [-0.05, 0) is 32.1 Å². The maximum atomic E-state index is 11.3. The summed E-state index contributed by atoms with van der Waals surface area (Å²) in [6, 6.07) is 0. The predicted molar refractivity (Wildman–Crippen MR) is 49.9 cm³/mol. The number of nitrogens with zero attached hydrogens (tertiary/aromatic N) is 1. The van der Waals surface area contributed by atoms with Crippen LogP contribution < -0.4 is 5.84 Å². The van der Waals surface area contributed by atoms with E-state index in [9.17, 15) is 4.79 Å². The van der Waals surface area contributed by atoms with Gasteiger partial charge in [-0.1, -0.05) is 6.92 Å². The Morgan fingerprint density at radius 3 is 2.69 bits per heavy atom. The second-order valence-corrected chi connectivity index (χ2v) is 3.48. The quantitative estimate of drug-likeness (QED) is 0.414. The van der Waals surface area contributed by atoms with Gasteiger partial charge in [0.05, 0.1) is 0 Å². The van der Waals surface area contributed by atoms with Gasteiger partial charge >= 0.3 is 6.09 Å². The molecule has 0 aliphatic heterocycles. The zero-order chi connectivity index (χ0) is 9.68. The van der Waals surface area contributed by atoms with Crippen molar-refractivity contribution >= 4 is 6.09 Å². The van der Waals surface area contributed by atoms with Gasteiger partial charge in [-0.3, -0.25) is 0 Å². The van der Waals surface area contributed by atoms with E-state index >= 15 is 0 Å². The van der Waals surface area contributed by atoms with Gasteiger partial charge in [-0.15, -0.1) is 0 Å². The van der Waals surface area contributed by atoms with Crippen molar-refractivity contribution in [2.24, 2.45) is 5.84 Å². The first-order chi connectivity index (χ1) is 6.24. The number of nitrogens with two attached hydrogens (primary N) is 1. The van der Waals surface area contributed by atoms with Crippen molar-refractivity contribution < 1.29 is 9.53 Å². The zero-order valence-corrected chi connectivity index (χ0v) is 8.16. The lowest BCUT2D eigenvalue weighted by Gasteiger charge is -2.18. The summed E-state index contributed by atoms with van der Waals surface area (Å²) in [5.74, 6) is 5.46. The lowest BCUT2D eigenvalue weighted by molar-refractivity contribution is 0.0653. The van der Waals surface area contributed by atoms with Crippen molar-refractivity contribution in [1.82, 2.24) is 5.01 Å². The van der Waals surface area contributed by atoms with Gasteiger partial charge < -0.3 is 4.74 Å². The van der Waals surface area contributed by atoms with Crippen LogP contribution in [-0.2, 0) is 4.74 Å². The molecule has 76 valence electrons. The van der Waals surface area contributed by atoms with Crippen LogP contribution in [0.15, 0.2) is 0 Å². The van der Waals surface area contributed by atoms with E-state index < -0.39 is 0 Å². The normalized spacial score (nSPS) is 17.4. The van der Waals surface area contributed by atoms with Gasteiger partial charge in [0.1, 0.15) is 6.10 Å². The molecule has 1 aliphatic rings. The molecule has 1 saturated carbocycles. The Kier molecular flexibility index (Phi) is 4.02. The third-order valence-electron chi connectivity index (χ3n) is 2.27. The Labute approximate surface area is 79.0 Å². The molecule has 0 unspecified atom stereocenters. The van der Waals surface area contributed by atoms with Gasteiger partial charge in [-0.2, -0.15) is 0 Å². The number of carbonyl (C=O) groups excluding carboxylic acids is 1. The summed E-state index contributed by atoms with van der Waals surface area (Å²) in [6.07, 6.45) is 4.89. The van der Waals surface area contributed by atoms with Crippen LogP contribution in [0.1, 0.15) is 39.0 Å². The molecule has 0 heterocycles. The Morgan fingerprint density at radius 1 is 1.54 bits per heavy atom. The van der Waals surface area contributed by atoms with E-state index in [1.165, 1.54) is 0 Å². The van der Waals surface area contributed by atoms with Gasteiger partial charge in [0.2, 0.25) is 0 Å². The molecule has 1 aliphatic carbocycles. The van der Waals surface area contributed by atoms with Crippen LogP contribution in [0.2, 0.25) is 0 Å². The molecule has 4 heteroatoms. The third-order valence-corrected chi connectivity index (χ3v) is 2.27. The lowest BCUT2D eigenvalue weighted by Crippen LogP contribution is -2.39. The molecule has 4 nitrogen and oxygen atoms in total. The zero-order valence-electron chi connectivity index (χ0n) is 8.16. The molecular weight excluding hydrogens is 168 g/mol. The predicted octanol–water partition coefficient (Wildman–Crippen LogP) is 1.65. The van der Waals surface area contributed by atoms with Crippen molar-refractivity contribution in [3.05, 3.63) is 0 Å². The molecule has 13 heavy (non-hydrogen) atoms. The summed E-state index contributed by atoms with van der Waals surface area (Å²) < 4.78 is 5.19. The Bertz CT molecular complexity index is 167. The molecule has 0 atom stereocenters. The molecule has 0 bridgehead atoms. The lowest BCUT2D eigenvalue weighted by atomic mass is 10.3. The highest BCUT2D eigenvalue weighted by atomic mass is 16.6. The molecule has 0 saturated heterocycles. The second kappa shape index (κ2) is 5.07. The molecular formula is C9H18N2O2. The molecule has 0 aromatic carbocycles. The van der Waals surface area contributed by atoms with Crippen molar-refractivity contribution in [2.45, 2.75) is 45.1 Å². The highest BCUT2D eigenvalue weighted by Gasteiger charge is 2.20. The fourth-order valence-electron chi connectivity index (χ4n) is 1.55. The molecule has 0 radical (unpaired) electrons. The Hall–Kier alpha value is -0.770. The van der Waals surface area contributed by atoms with Crippen molar-refractivity contribution in [1.29, 1.82) is 0 Å². The Morgan fingerprint density at radius 2 is 2.15 bits per heavy atom. The fourth-order valence-corrected chi connectivity index (χ4v) is 1.55. The highest BCUT2D eigenvalue weighted by Crippen LogP contribution is 2.21. The maximum Gasteiger partial charge on any atom is 0.424 e. The van der Waals surface area contributed by atoms with Crippen LogP contribution in [0, 0.1) is 0 Å². The van der Waals surface area contributed by atoms with Crippen LogP contribution >= 0.6 is 0 Å². The Balaban J connectivity index is 2.22. The molecule has 1 fully saturated rings. The standard InChI is InChI=1S/C9H18N2O2/c1-2-7-11(10)9(12)13-8-5-3-4-6-8/h8H,2-7,10H2,1H3. The first-order valence-corrected chi connectivity index (χ1v) is 4.97. The monoisotopic (exact) mass is 186 g/mol. The molecule has 1 amide bonds. The highest BCUT2D eigenvalue weighted by molar-refractivity contribution is 5.66. The summed E-state index contributed by atoms with van der Waals surface area (Å²) in [7, 11) is 0. The second-order valence-electron chi connectivity index (χ2n) is 3.48. The summed E-state index contributed by atoms with van der Waals surface area (Å²) in [5, 5.41) is 1.15. The van der Waals surface area contributed by atoms with E-state index in [1.54, 1.807) is 0 Å². The summed E-state index contributed by atoms with van der Waals surface area (Å²) in [5.41, 5.74) is 0. The van der Waals surface area contributed by atoms with Crippen LogP contribution in [0.4, 0.5) is 4.79 Å². The summed E-state index contributed by atoms with van der Waals surface area (Å²) in [4.78, 5) is 11.3. The third kappa shape index (κ3) is 3.22. The largest absolute Gasteiger partial charge is 0.445 e. The van der Waals surface area contributed by atoms with E-state index in [0.29, 0.717) is 6.54 Å². The topological polar surface area (TPSA) is 55.6 Å². The minimum absolute atomic E-state index is 0.107. The first-order valence-electron chi connectivity index (χ1n) is 4.97. The smallest absolute Gasteiger partial charge is 0.424 e. The van der Waals surface area contributed by atoms with E-state index in [4.69, 9.17) is 10.6 Å². The van der Waals surface area contributed by atoms with Crippen molar-refractivity contribution in [3.8, 4) is 0 Å². The number of amides is 1. The first kappa shape index (κ1) is 10.3. The average Bonchev–Trinajstić information content (AvgIpc) is 2.57. The van der Waals surface area contributed by atoms with Gasteiger partial charge in [0.25, 0.3) is 0 Å². The van der Waals surface area contributed by atoms with Crippen LogP contribution in [0.25, 0.3) is 0 Å². The molecule has 0 aromatic rings. The fraction of sp³-hybridized carbons (Fsp3) is 0.889. The van der Waals surface area contributed by atoms with E-state index in [2.05, 4.69) is 0 Å². The van der Waals surface area contributed by atoms with E-state index in [1.807, 2.05) is 6.92 Å². The van der Waals surface area contributed by atoms with Crippen LogP contribution in [0.3, 0.4) is 0 Å². The molecule has 0 spiro atoms. The maximum absolute atomic E-state index is 11.3. The number of rotatable bonds is 3.